The Morgan fingerprint density at radius 2 is 1.96 bits per heavy atom. The molecule has 0 spiro atoms. The number of ether oxygens (including phenoxy) is 2. The number of nitrogens with one attached hydrogen (secondary N) is 1. The summed E-state index contributed by atoms with van der Waals surface area (Å²) in [5.41, 5.74) is 3.49. The van der Waals surface area contributed by atoms with Crippen LogP contribution in [-0.4, -0.2) is 25.8 Å². The molecule has 7 nitrogen and oxygen atoms in total. The molecule has 23 heavy (non-hydrogen) atoms. The molecular weight excluding hydrogens is 296 g/mol. The molecule has 1 heterocycles. The third kappa shape index (κ3) is 2.82. The van der Waals surface area contributed by atoms with Crippen LogP contribution in [0.15, 0.2) is 23.3 Å². The lowest BCUT2D eigenvalue weighted by Crippen LogP contribution is -2.32. The van der Waals surface area contributed by atoms with Gasteiger partial charge in [-0.3, -0.25) is 4.79 Å². The average Bonchev–Trinajstić information content (AvgIpc) is 2.90. The molecule has 0 aromatic heterocycles. The largest absolute Gasteiger partial charge is 0.493 e. The van der Waals surface area contributed by atoms with Gasteiger partial charge in [-0.05, 0) is 13.0 Å². The Labute approximate surface area is 134 Å². The summed E-state index contributed by atoms with van der Waals surface area (Å²) in [6, 6.07) is 9.10. The quantitative estimate of drug-likeness (QED) is 0.888. The first-order chi connectivity index (χ1) is 11.1. The van der Waals surface area contributed by atoms with Crippen LogP contribution in [0.25, 0.3) is 0 Å². The molecule has 7 heteroatoms. The number of hydrogen-bond donors (Lipinski definition) is 1. The third-order valence-corrected chi connectivity index (χ3v) is 3.86. The van der Waals surface area contributed by atoms with Gasteiger partial charge in [0.15, 0.2) is 11.5 Å². The number of hydrogen-bond acceptors (Lipinski definition) is 6. The second-order valence-corrected chi connectivity index (χ2v) is 5.05. The first-order valence-electron chi connectivity index (χ1n) is 6.93. The minimum absolute atomic E-state index is 0.340. The number of amides is 1. The number of benzene rings is 1. The summed E-state index contributed by atoms with van der Waals surface area (Å²) in [5, 5.41) is 22.6. The average molecular weight is 312 g/mol. The van der Waals surface area contributed by atoms with Crippen LogP contribution < -0.4 is 14.9 Å². The van der Waals surface area contributed by atoms with Gasteiger partial charge < -0.3 is 9.47 Å². The zero-order valence-corrected chi connectivity index (χ0v) is 13.0. The van der Waals surface area contributed by atoms with E-state index in [9.17, 15) is 15.3 Å². The van der Waals surface area contributed by atoms with Crippen molar-refractivity contribution in [2.75, 3.05) is 14.2 Å². The normalized spacial score (nSPS) is 17.7. The van der Waals surface area contributed by atoms with E-state index in [1.807, 2.05) is 12.1 Å². The Morgan fingerprint density at radius 3 is 2.43 bits per heavy atom. The summed E-state index contributed by atoms with van der Waals surface area (Å²) in [6.45, 7) is 1.69. The van der Waals surface area contributed by atoms with Gasteiger partial charge in [-0.15, -0.1) is 0 Å². The molecule has 0 bridgehead atoms. The molecule has 1 aromatic carbocycles. The summed E-state index contributed by atoms with van der Waals surface area (Å²) in [7, 11) is 2.97. The summed E-state index contributed by atoms with van der Waals surface area (Å²) in [4.78, 5) is 12.2. The zero-order valence-electron chi connectivity index (χ0n) is 13.0. The highest BCUT2D eigenvalue weighted by Crippen LogP contribution is 2.43. The minimum Gasteiger partial charge on any atom is -0.493 e. The molecule has 0 unspecified atom stereocenters. The number of para-hydroxylation sites is 1. The molecule has 0 radical (unpaired) electrons. The number of carbonyl (C=O) groups excluding carboxylic acids is 1. The van der Waals surface area contributed by atoms with E-state index < -0.39 is 17.8 Å². The fourth-order valence-electron chi connectivity index (χ4n) is 2.81. The number of nitrogens with zero attached hydrogens (tertiary/aromatic N) is 3. The van der Waals surface area contributed by atoms with E-state index in [2.05, 4.69) is 10.5 Å². The molecule has 1 N–H and O–H groups in total. The number of carbonyl (C=O) groups is 1. The van der Waals surface area contributed by atoms with Gasteiger partial charge in [0.25, 0.3) is 0 Å². The Bertz CT molecular complexity index is 716. The SMILES string of the molecule is COc1cccc([C@@H](C(C#N)C#N)[C@H]2C(=O)NN=C2C)c1OC. The fraction of sp³-hybridized carbons (Fsp3) is 0.375. The van der Waals surface area contributed by atoms with Gasteiger partial charge in [-0.1, -0.05) is 12.1 Å². The maximum Gasteiger partial charge on any atom is 0.249 e. The molecular formula is C16H16N4O3. The molecule has 0 saturated heterocycles. The summed E-state index contributed by atoms with van der Waals surface area (Å²) < 4.78 is 10.7. The van der Waals surface area contributed by atoms with Crippen molar-refractivity contribution in [3.63, 3.8) is 0 Å². The van der Waals surface area contributed by atoms with E-state index in [4.69, 9.17) is 9.47 Å². The second-order valence-electron chi connectivity index (χ2n) is 5.05. The van der Waals surface area contributed by atoms with Crippen LogP contribution in [-0.2, 0) is 4.79 Å². The topological polar surface area (TPSA) is 108 Å². The van der Waals surface area contributed by atoms with Crippen molar-refractivity contribution in [2.24, 2.45) is 16.9 Å². The third-order valence-electron chi connectivity index (χ3n) is 3.86. The summed E-state index contributed by atoms with van der Waals surface area (Å²) in [5.74, 6) is -1.91. The van der Waals surface area contributed by atoms with Crippen LogP contribution in [0, 0.1) is 34.5 Å². The van der Waals surface area contributed by atoms with Gasteiger partial charge in [0.2, 0.25) is 5.91 Å². The highest BCUT2D eigenvalue weighted by molar-refractivity contribution is 6.07. The minimum atomic E-state index is -1.03. The lowest BCUT2D eigenvalue weighted by atomic mass is 9.75. The fourth-order valence-corrected chi connectivity index (χ4v) is 2.81. The van der Waals surface area contributed by atoms with Crippen LogP contribution >= 0.6 is 0 Å². The van der Waals surface area contributed by atoms with Crippen LogP contribution in [0.5, 0.6) is 11.5 Å². The van der Waals surface area contributed by atoms with E-state index >= 15 is 0 Å². The number of rotatable bonds is 5. The van der Waals surface area contributed by atoms with Gasteiger partial charge in [-0.2, -0.15) is 15.6 Å². The molecule has 1 aliphatic heterocycles. The first-order valence-corrected chi connectivity index (χ1v) is 6.93. The predicted molar refractivity (Wildman–Crippen MR) is 81.7 cm³/mol. The molecule has 1 amide bonds. The van der Waals surface area contributed by atoms with Gasteiger partial charge in [-0.25, -0.2) is 5.43 Å². The Hall–Kier alpha value is -3.06. The standard InChI is InChI=1S/C16H16N4O3/c1-9-13(16(21)20-19-9)14(10(7-17)8-18)11-5-4-6-12(22-2)15(11)23-3/h4-6,10,13-14H,1-3H3,(H,20,21)/t13-,14+/m0/s1. The molecule has 118 valence electrons. The first kappa shape index (κ1) is 16.3. The Balaban J connectivity index is 2.65. The van der Waals surface area contributed by atoms with Crippen molar-refractivity contribution in [3.05, 3.63) is 23.8 Å². The maximum absolute atomic E-state index is 12.2. The Kier molecular flexibility index (Phi) is 4.82. The van der Waals surface area contributed by atoms with Crippen LogP contribution in [0.3, 0.4) is 0 Å². The van der Waals surface area contributed by atoms with E-state index in [0.29, 0.717) is 22.8 Å². The van der Waals surface area contributed by atoms with E-state index in [0.717, 1.165) is 0 Å². The highest BCUT2D eigenvalue weighted by Gasteiger charge is 2.42. The lowest BCUT2D eigenvalue weighted by molar-refractivity contribution is -0.122. The van der Waals surface area contributed by atoms with Crippen molar-refractivity contribution in [1.82, 2.24) is 5.43 Å². The molecule has 0 saturated carbocycles. The highest BCUT2D eigenvalue weighted by atomic mass is 16.5. The second kappa shape index (κ2) is 6.80. The zero-order chi connectivity index (χ0) is 17.0. The van der Waals surface area contributed by atoms with E-state index in [-0.39, 0.29) is 5.91 Å². The van der Waals surface area contributed by atoms with Crippen molar-refractivity contribution < 1.29 is 14.3 Å². The predicted octanol–water partition coefficient (Wildman–Crippen LogP) is 1.57. The molecule has 2 rings (SSSR count). The number of hydrazone groups is 1. The van der Waals surface area contributed by atoms with E-state index in [1.165, 1.54) is 14.2 Å². The molecule has 1 aromatic rings. The van der Waals surface area contributed by atoms with Gasteiger partial charge in [0, 0.05) is 17.2 Å². The lowest BCUT2D eigenvalue weighted by Gasteiger charge is -2.25. The molecule has 0 aliphatic carbocycles. The van der Waals surface area contributed by atoms with Gasteiger partial charge in [0.05, 0.1) is 32.3 Å². The number of nitriles is 2. The Morgan fingerprint density at radius 1 is 1.26 bits per heavy atom. The van der Waals surface area contributed by atoms with Gasteiger partial charge in [0.1, 0.15) is 5.92 Å². The molecule has 2 atom stereocenters. The van der Waals surface area contributed by atoms with Gasteiger partial charge >= 0.3 is 0 Å². The van der Waals surface area contributed by atoms with Crippen molar-refractivity contribution in [1.29, 1.82) is 10.5 Å². The van der Waals surface area contributed by atoms with Crippen LogP contribution in [0.1, 0.15) is 18.4 Å². The van der Waals surface area contributed by atoms with Crippen LogP contribution in [0.4, 0.5) is 0 Å². The monoisotopic (exact) mass is 312 g/mol. The smallest absolute Gasteiger partial charge is 0.249 e. The van der Waals surface area contributed by atoms with E-state index in [1.54, 1.807) is 25.1 Å². The maximum atomic E-state index is 12.2. The van der Waals surface area contributed by atoms with Crippen molar-refractivity contribution in [3.8, 4) is 23.6 Å². The number of methoxy groups -OCH3 is 2. The summed E-state index contributed by atoms with van der Waals surface area (Å²) in [6.07, 6.45) is 0. The van der Waals surface area contributed by atoms with Crippen LogP contribution in [0.2, 0.25) is 0 Å². The molecule has 1 aliphatic rings. The van der Waals surface area contributed by atoms with Crippen molar-refractivity contribution in [2.45, 2.75) is 12.8 Å². The summed E-state index contributed by atoms with van der Waals surface area (Å²) >= 11 is 0. The molecule has 0 fully saturated rings. The van der Waals surface area contributed by atoms with Crippen molar-refractivity contribution >= 4 is 11.6 Å².